The van der Waals surface area contributed by atoms with Crippen molar-refractivity contribution in [3.63, 3.8) is 0 Å². The molecule has 0 aliphatic heterocycles. The molecule has 0 aliphatic rings. The summed E-state index contributed by atoms with van der Waals surface area (Å²) in [4.78, 5) is 0. The first-order valence-electron chi connectivity index (χ1n) is 7.13. The third kappa shape index (κ3) is 2.46. The van der Waals surface area contributed by atoms with Gasteiger partial charge in [0.25, 0.3) is 0 Å². The van der Waals surface area contributed by atoms with Gasteiger partial charge in [-0.3, -0.25) is 0 Å². The van der Waals surface area contributed by atoms with Crippen LogP contribution in [0.4, 0.5) is 5.82 Å². The number of anilines is 1. The van der Waals surface area contributed by atoms with Crippen molar-refractivity contribution in [2.45, 2.75) is 20.4 Å². The highest BCUT2D eigenvalue weighted by Gasteiger charge is 2.12. The lowest BCUT2D eigenvalue weighted by Crippen LogP contribution is -2.05. The number of nitrogens with one attached hydrogen (secondary N) is 1. The van der Waals surface area contributed by atoms with Gasteiger partial charge in [0.15, 0.2) is 11.5 Å². The summed E-state index contributed by atoms with van der Waals surface area (Å²) < 4.78 is 6.92. The molecule has 8 heteroatoms. The Balaban J connectivity index is 1.65. The number of thiophene rings is 1. The predicted octanol–water partition coefficient (Wildman–Crippen LogP) is 3.07. The van der Waals surface area contributed by atoms with Crippen LogP contribution in [-0.2, 0) is 6.54 Å². The molecule has 1 N–H and O–H groups in total. The Morgan fingerprint density at radius 2 is 2.13 bits per heavy atom. The fourth-order valence-electron chi connectivity index (χ4n) is 2.39. The van der Waals surface area contributed by atoms with Gasteiger partial charge in [-0.25, -0.2) is 0 Å². The van der Waals surface area contributed by atoms with Gasteiger partial charge in [0.05, 0.1) is 5.69 Å². The largest absolute Gasteiger partial charge is 0.364 e. The van der Waals surface area contributed by atoms with Crippen LogP contribution in [-0.4, -0.2) is 25.0 Å². The highest BCUT2D eigenvalue weighted by molar-refractivity contribution is 7.08. The van der Waals surface area contributed by atoms with E-state index in [1.165, 1.54) is 0 Å². The van der Waals surface area contributed by atoms with E-state index < -0.39 is 0 Å². The molecule has 0 saturated heterocycles. The first kappa shape index (κ1) is 13.9. The molecule has 4 aromatic heterocycles. The fraction of sp³-hybridized carbons (Fsp3) is 0.200. The summed E-state index contributed by atoms with van der Waals surface area (Å²) >= 11 is 1.62. The summed E-state index contributed by atoms with van der Waals surface area (Å²) in [6.07, 6.45) is 0. The maximum Gasteiger partial charge on any atom is 0.186 e. The second-order valence-electron chi connectivity index (χ2n) is 5.18. The molecule has 0 amide bonds. The van der Waals surface area contributed by atoms with Crippen molar-refractivity contribution in [2.75, 3.05) is 5.32 Å². The summed E-state index contributed by atoms with van der Waals surface area (Å²) in [5, 5.41) is 24.3. The van der Waals surface area contributed by atoms with E-state index in [1.807, 2.05) is 42.8 Å². The van der Waals surface area contributed by atoms with E-state index in [-0.39, 0.29) is 0 Å². The van der Waals surface area contributed by atoms with E-state index in [0.29, 0.717) is 12.2 Å². The van der Waals surface area contributed by atoms with Crippen LogP contribution in [0.3, 0.4) is 0 Å². The number of hydrogen-bond donors (Lipinski definition) is 1. The summed E-state index contributed by atoms with van der Waals surface area (Å²) in [6, 6.07) is 5.79. The van der Waals surface area contributed by atoms with E-state index in [2.05, 4.69) is 25.8 Å². The average molecular weight is 326 g/mol. The summed E-state index contributed by atoms with van der Waals surface area (Å²) in [5.74, 6) is 2.30. The van der Waals surface area contributed by atoms with E-state index in [0.717, 1.165) is 34.2 Å². The Hall–Kier alpha value is -2.74. The van der Waals surface area contributed by atoms with Crippen LogP contribution in [0.5, 0.6) is 0 Å². The predicted molar refractivity (Wildman–Crippen MR) is 87.4 cm³/mol. The van der Waals surface area contributed by atoms with Crippen molar-refractivity contribution in [3.05, 3.63) is 46.0 Å². The van der Waals surface area contributed by atoms with Gasteiger partial charge < -0.3 is 9.84 Å². The molecule has 4 heterocycles. The van der Waals surface area contributed by atoms with Crippen LogP contribution in [0.15, 0.2) is 33.5 Å². The van der Waals surface area contributed by atoms with Gasteiger partial charge in [-0.1, -0.05) is 5.16 Å². The second-order valence-corrected chi connectivity index (χ2v) is 5.96. The quantitative estimate of drug-likeness (QED) is 0.621. The Bertz CT molecular complexity index is 936. The lowest BCUT2D eigenvalue weighted by molar-refractivity contribution is 0.392. The first-order valence-corrected chi connectivity index (χ1v) is 8.07. The topological polar surface area (TPSA) is 81.1 Å². The van der Waals surface area contributed by atoms with Crippen molar-refractivity contribution >= 4 is 22.8 Å². The normalized spacial score (nSPS) is 11.2. The Labute approximate surface area is 136 Å². The molecule has 116 valence electrons. The molecule has 0 aromatic carbocycles. The number of rotatable bonds is 4. The van der Waals surface area contributed by atoms with E-state index in [1.54, 1.807) is 15.9 Å². The zero-order valence-electron chi connectivity index (χ0n) is 12.6. The molecular weight excluding hydrogens is 312 g/mol. The maximum atomic E-state index is 5.18. The van der Waals surface area contributed by atoms with Crippen molar-refractivity contribution in [3.8, 4) is 11.4 Å². The van der Waals surface area contributed by atoms with Crippen LogP contribution in [0.25, 0.3) is 17.0 Å². The average Bonchev–Trinajstić information content (AvgIpc) is 3.26. The van der Waals surface area contributed by atoms with Gasteiger partial charge in [0, 0.05) is 23.1 Å². The van der Waals surface area contributed by atoms with E-state index in [9.17, 15) is 0 Å². The van der Waals surface area contributed by atoms with Crippen molar-refractivity contribution in [1.29, 1.82) is 0 Å². The zero-order chi connectivity index (χ0) is 15.8. The van der Waals surface area contributed by atoms with Crippen LogP contribution in [0.2, 0.25) is 0 Å². The molecule has 7 nitrogen and oxygen atoms in total. The Morgan fingerprint density at radius 3 is 2.87 bits per heavy atom. The molecule has 0 bridgehead atoms. The third-order valence-corrected chi connectivity index (χ3v) is 4.35. The summed E-state index contributed by atoms with van der Waals surface area (Å²) in [7, 11) is 0. The van der Waals surface area contributed by atoms with Gasteiger partial charge in [0.2, 0.25) is 0 Å². The second kappa shape index (κ2) is 5.47. The molecule has 0 saturated carbocycles. The number of aromatic nitrogens is 5. The molecule has 4 aromatic rings. The zero-order valence-corrected chi connectivity index (χ0v) is 13.5. The molecular formula is C15H14N6OS. The number of hydrogen-bond acceptors (Lipinski definition) is 7. The van der Waals surface area contributed by atoms with Gasteiger partial charge in [-0.2, -0.15) is 15.9 Å². The van der Waals surface area contributed by atoms with Crippen molar-refractivity contribution < 1.29 is 4.52 Å². The highest BCUT2D eigenvalue weighted by atomic mass is 32.1. The van der Waals surface area contributed by atoms with Gasteiger partial charge in [-0.15, -0.1) is 15.3 Å². The molecule has 23 heavy (non-hydrogen) atoms. The van der Waals surface area contributed by atoms with E-state index in [4.69, 9.17) is 4.52 Å². The molecule has 4 rings (SSSR count). The van der Waals surface area contributed by atoms with Crippen LogP contribution in [0.1, 0.15) is 17.0 Å². The molecule has 0 unspecified atom stereocenters. The minimum Gasteiger partial charge on any atom is -0.364 e. The number of fused-ring (bicyclic) bond motifs is 1. The number of nitrogens with zero attached hydrogens (tertiary/aromatic N) is 5. The minimum absolute atomic E-state index is 0.607. The van der Waals surface area contributed by atoms with Crippen LogP contribution < -0.4 is 5.32 Å². The van der Waals surface area contributed by atoms with Crippen molar-refractivity contribution in [2.24, 2.45) is 0 Å². The Morgan fingerprint density at radius 1 is 1.22 bits per heavy atom. The third-order valence-electron chi connectivity index (χ3n) is 3.67. The molecule has 0 atom stereocenters. The number of aryl methyl sites for hydroxylation is 2. The van der Waals surface area contributed by atoms with Crippen LogP contribution in [0, 0.1) is 13.8 Å². The molecule has 0 radical (unpaired) electrons. The smallest absolute Gasteiger partial charge is 0.186 e. The highest BCUT2D eigenvalue weighted by Crippen LogP contribution is 2.21. The summed E-state index contributed by atoms with van der Waals surface area (Å²) in [6.45, 7) is 4.44. The summed E-state index contributed by atoms with van der Waals surface area (Å²) in [5.41, 5.74) is 3.67. The van der Waals surface area contributed by atoms with Gasteiger partial charge in [-0.05, 0) is 37.4 Å². The fourth-order valence-corrected chi connectivity index (χ4v) is 3.02. The monoisotopic (exact) mass is 326 g/mol. The molecule has 0 aliphatic carbocycles. The minimum atomic E-state index is 0.607. The van der Waals surface area contributed by atoms with Crippen LogP contribution >= 0.6 is 11.3 Å². The molecule has 0 spiro atoms. The SMILES string of the molecule is Cc1noc(C)c1CNc1ccc2nnc(-c3ccsc3)n2n1. The maximum absolute atomic E-state index is 5.18. The van der Waals surface area contributed by atoms with E-state index >= 15 is 0 Å². The first-order chi connectivity index (χ1) is 11.2. The lowest BCUT2D eigenvalue weighted by Gasteiger charge is -2.06. The Kier molecular flexibility index (Phi) is 3.30. The standard InChI is InChI=1S/C15H14N6OS/c1-9-12(10(2)22-20-9)7-16-13-3-4-14-17-18-15(21(14)19-13)11-5-6-23-8-11/h3-6,8H,7H2,1-2H3,(H,16,19). The lowest BCUT2D eigenvalue weighted by atomic mass is 10.2. The molecule has 0 fully saturated rings. The van der Waals surface area contributed by atoms with Gasteiger partial charge >= 0.3 is 0 Å². The van der Waals surface area contributed by atoms with Crippen molar-refractivity contribution in [1.82, 2.24) is 25.0 Å². The van der Waals surface area contributed by atoms with Gasteiger partial charge in [0.1, 0.15) is 11.6 Å².